The lowest BCUT2D eigenvalue weighted by Gasteiger charge is -2.22. The largest absolute Gasteiger partial charge is 0.493 e. The Morgan fingerprint density at radius 1 is 1.12 bits per heavy atom. The molecule has 40 heavy (non-hydrogen) atoms. The van der Waals surface area contributed by atoms with Gasteiger partial charge in [-0.1, -0.05) is 12.1 Å². The second-order valence-electron chi connectivity index (χ2n) is 9.72. The smallest absolute Gasteiger partial charge is 0.264 e. The summed E-state index contributed by atoms with van der Waals surface area (Å²) in [6.07, 6.45) is 5.01. The molecule has 4 aromatic rings. The molecule has 1 atom stereocenters. The number of pyridine rings is 2. The molecular formula is C30H29F2N3O5. The number of ether oxygens (including phenoxy) is 2. The third kappa shape index (κ3) is 6.03. The molecule has 5 rings (SSSR count). The first-order chi connectivity index (χ1) is 19.4. The average molecular weight is 550 g/mol. The quantitative estimate of drug-likeness (QED) is 0.327. The minimum absolute atomic E-state index is 0.143. The molecule has 1 fully saturated rings. The number of rotatable bonds is 9. The normalized spacial score (nSPS) is 14.7. The fourth-order valence-corrected chi connectivity index (χ4v) is 4.80. The first-order valence-electron chi connectivity index (χ1n) is 13.1. The van der Waals surface area contributed by atoms with E-state index in [0.717, 1.165) is 59.2 Å². The lowest BCUT2D eigenvalue weighted by molar-refractivity contribution is 0.0500. The van der Waals surface area contributed by atoms with Gasteiger partial charge in [-0.25, -0.2) is 8.78 Å². The molecule has 1 saturated heterocycles. The minimum Gasteiger partial charge on any atom is -0.493 e. The molecule has 1 unspecified atom stereocenters. The molecule has 2 aromatic carbocycles. The molecule has 0 aliphatic carbocycles. The number of nitrogens with zero attached hydrogens (tertiary/aromatic N) is 2. The summed E-state index contributed by atoms with van der Waals surface area (Å²) in [4.78, 5) is 30.6. The van der Waals surface area contributed by atoms with E-state index in [-0.39, 0.29) is 17.7 Å². The van der Waals surface area contributed by atoms with Crippen LogP contribution in [0, 0.1) is 17.6 Å². The number of hydrogen-bond donors (Lipinski definition) is 2. The highest BCUT2D eigenvalue weighted by molar-refractivity contribution is 5.94. The molecule has 208 valence electrons. The van der Waals surface area contributed by atoms with Gasteiger partial charge in [0.05, 0.1) is 24.8 Å². The number of benzene rings is 2. The molecule has 0 saturated carbocycles. The highest BCUT2D eigenvalue weighted by Crippen LogP contribution is 2.27. The van der Waals surface area contributed by atoms with Crippen LogP contribution in [0.3, 0.4) is 0 Å². The van der Waals surface area contributed by atoms with Crippen molar-refractivity contribution in [2.75, 3.05) is 26.4 Å². The Kier molecular flexibility index (Phi) is 8.47. The van der Waals surface area contributed by atoms with Crippen molar-refractivity contribution < 1.29 is 28.2 Å². The maximum Gasteiger partial charge on any atom is 0.264 e. The molecule has 3 heterocycles. The van der Waals surface area contributed by atoms with Crippen LogP contribution in [0.5, 0.6) is 5.75 Å². The predicted molar refractivity (Wildman–Crippen MR) is 144 cm³/mol. The SMILES string of the molecule is O=C(NCc1ccc2nccc(OCC3CCOCC3)c2c1)c1cccn(C(CO)c2ccc(F)c(F)c2)c1=O. The summed E-state index contributed by atoms with van der Waals surface area (Å²) >= 11 is 0. The Bertz CT molecular complexity index is 1570. The van der Waals surface area contributed by atoms with E-state index in [1.54, 1.807) is 6.20 Å². The summed E-state index contributed by atoms with van der Waals surface area (Å²) in [7, 11) is 0. The summed E-state index contributed by atoms with van der Waals surface area (Å²) in [5, 5.41) is 13.5. The fourth-order valence-electron chi connectivity index (χ4n) is 4.80. The Balaban J connectivity index is 1.31. The van der Waals surface area contributed by atoms with Gasteiger partial charge in [-0.15, -0.1) is 0 Å². The third-order valence-corrected chi connectivity index (χ3v) is 7.09. The number of nitrogens with one attached hydrogen (secondary N) is 1. The highest BCUT2D eigenvalue weighted by Gasteiger charge is 2.20. The number of aliphatic hydroxyl groups is 1. The van der Waals surface area contributed by atoms with E-state index in [4.69, 9.17) is 9.47 Å². The third-order valence-electron chi connectivity index (χ3n) is 7.09. The van der Waals surface area contributed by atoms with Gasteiger partial charge in [0.2, 0.25) is 0 Å². The number of aromatic nitrogens is 2. The molecular weight excluding hydrogens is 520 g/mol. The number of aliphatic hydroxyl groups excluding tert-OH is 1. The lowest BCUT2D eigenvalue weighted by atomic mass is 10.0. The Hall–Kier alpha value is -4.15. The maximum atomic E-state index is 13.8. The minimum atomic E-state index is -1.10. The van der Waals surface area contributed by atoms with Gasteiger partial charge in [0.25, 0.3) is 11.5 Å². The van der Waals surface area contributed by atoms with Crippen LogP contribution in [-0.4, -0.2) is 47.0 Å². The van der Waals surface area contributed by atoms with Crippen molar-refractivity contribution in [1.82, 2.24) is 14.9 Å². The maximum absolute atomic E-state index is 13.8. The Morgan fingerprint density at radius 3 is 2.73 bits per heavy atom. The molecule has 0 spiro atoms. The molecule has 1 amide bonds. The van der Waals surface area contributed by atoms with Crippen molar-refractivity contribution in [3.63, 3.8) is 0 Å². The van der Waals surface area contributed by atoms with E-state index in [1.807, 2.05) is 24.3 Å². The number of halogens is 2. The summed E-state index contributed by atoms with van der Waals surface area (Å²) in [6, 6.07) is 12.4. The number of carbonyl (C=O) groups excluding carboxylic acids is 1. The van der Waals surface area contributed by atoms with Gasteiger partial charge in [0, 0.05) is 37.5 Å². The number of fused-ring (bicyclic) bond motifs is 1. The zero-order chi connectivity index (χ0) is 28.1. The van der Waals surface area contributed by atoms with Gasteiger partial charge in [-0.2, -0.15) is 0 Å². The lowest BCUT2D eigenvalue weighted by Crippen LogP contribution is -2.35. The molecule has 2 aromatic heterocycles. The number of hydrogen-bond acceptors (Lipinski definition) is 6. The van der Waals surface area contributed by atoms with Crippen molar-refractivity contribution in [2.45, 2.75) is 25.4 Å². The second kappa shape index (κ2) is 12.4. The van der Waals surface area contributed by atoms with Gasteiger partial charge in [-0.3, -0.25) is 14.6 Å². The first-order valence-corrected chi connectivity index (χ1v) is 13.1. The predicted octanol–water partition coefficient (Wildman–Crippen LogP) is 3.99. The Labute approximate surface area is 229 Å². The molecule has 1 aliphatic heterocycles. The zero-order valence-electron chi connectivity index (χ0n) is 21.7. The molecule has 1 aliphatic rings. The summed E-state index contributed by atoms with van der Waals surface area (Å²) < 4.78 is 39.9. The van der Waals surface area contributed by atoms with E-state index in [2.05, 4.69) is 10.3 Å². The molecule has 8 nitrogen and oxygen atoms in total. The van der Waals surface area contributed by atoms with Crippen molar-refractivity contribution in [3.05, 3.63) is 106 Å². The van der Waals surface area contributed by atoms with Gasteiger partial charge < -0.3 is 24.5 Å². The van der Waals surface area contributed by atoms with Crippen LogP contribution in [0.4, 0.5) is 8.78 Å². The van der Waals surface area contributed by atoms with E-state index in [1.165, 1.54) is 24.4 Å². The van der Waals surface area contributed by atoms with Crippen LogP contribution in [0.25, 0.3) is 10.9 Å². The van der Waals surface area contributed by atoms with E-state index in [0.29, 0.717) is 18.3 Å². The van der Waals surface area contributed by atoms with Crippen LogP contribution in [0.15, 0.2) is 71.8 Å². The van der Waals surface area contributed by atoms with E-state index >= 15 is 0 Å². The summed E-state index contributed by atoms with van der Waals surface area (Å²) in [6.45, 7) is 1.66. The van der Waals surface area contributed by atoms with Crippen LogP contribution in [-0.2, 0) is 11.3 Å². The van der Waals surface area contributed by atoms with Crippen LogP contribution in [0.1, 0.15) is 40.4 Å². The van der Waals surface area contributed by atoms with E-state index < -0.39 is 35.7 Å². The topological polar surface area (TPSA) is 103 Å². The second-order valence-corrected chi connectivity index (χ2v) is 9.72. The van der Waals surface area contributed by atoms with Crippen LogP contribution >= 0.6 is 0 Å². The number of amides is 1. The Morgan fingerprint density at radius 2 is 1.95 bits per heavy atom. The average Bonchev–Trinajstić information content (AvgIpc) is 2.98. The zero-order valence-corrected chi connectivity index (χ0v) is 21.7. The van der Waals surface area contributed by atoms with Gasteiger partial charge in [0.1, 0.15) is 11.3 Å². The fraction of sp³-hybridized carbons (Fsp3) is 0.300. The van der Waals surface area contributed by atoms with Crippen LogP contribution in [0.2, 0.25) is 0 Å². The standard InChI is InChI=1S/C30H29F2N3O5/c31-24-5-4-21(15-25(24)32)27(17-36)35-11-1-2-22(30(35)38)29(37)34-16-20-3-6-26-23(14-20)28(7-10-33-26)40-18-19-8-12-39-13-9-19/h1-7,10-11,14-15,19,27,36H,8-9,12-13,16-18H2,(H,34,37). The van der Waals surface area contributed by atoms with Gasteiger partial charge >= 0.3 is 0 Å². The van der Waals surface area contributed by atoms with Crippen molar-refractivity contribution in [2.24, 2.45) is 5.92 Å². The first kappa shape index (κ1) is 27.4. The van der Waals surface area contributed by atoms with Gasteiger partial charge in [0.15, 0.2) is 11.6 Å². The highest BCUT2D eigenvalue weighted by atomic mass is 19.2. The van der Waals surface area contributed by atoms with E-state index in [9.17, 15) is 23.5 Å². The van der Waals surface area contributed by atoms with Crippen LogP contribution < -0.4 is 15.6 Å². The molecule has 0 bridgehead atoms. The molecule has 10 heteroatoms. The summed E-state index contributed by atoms with van der Waals surface area (Å²) in [5.74, 6) is -1.60. The van der Waals surface area contributed by atoms with Crippen molar-refractivity contribution in [1.29, 1.82) is 0 Å². The molecule has 2 N–H and O–H groups in total. The van der Waals surface area contributed by atoms with Gasteiger partial charge in [-0.05, 0) is 72.4 Å². The monoisotopic (exact) mass is 549 g/mol. The summed E-state index contributed by atoms with van der Waals surface area (Å²) in [5.41, 5.74) is 0.927. The van der Waals surface area contributed by atoms with Crippen molar-refractivity contribution >= 4 is 16.8 Å². The van der Waals surface area contributed by atoms with Crippen molar-refractivity contribution in [3.8, 4) is 5.75 Å². The molecule has 0 radical (unpaired) electrons. The number of carbonyl (C=O) groups is 1.